The van der Waals surface area contributed by atoms with Crippen LogP contribution in [-0.4, -0.2) is 49.3 Å². The summed E-state index contributed by atoms with van der Waals surface area (Å²) >= 11 is 0. The quantitative estimate of drug-likeness (QED) is 0.0264. The normalized spacial score (nSPS) is 14.0. The van der Waals surface area contributed by atoms with E-state index in [0.29, 0.717) is 12.8 Å². The summed E-state index contributed by atoms with van der Waals surface area (Å²) in [5, 5.41) is 0. The van der Waals surface area contributed by atoms with Gasteiger partial charge in [-0.2, -0.15) is 0 Å². The second kappa shape index (κ2) is 52.0. The number of esters is 2. The van der Waals surface area contributed by atoms with Crippen LogP contribution in [0.5, 0.6) is 0 Å². The van der Waals surface area contributed by atoms with Crippen molar-refractivity contribution in [1.29, 1.82) is 0 Å². The summed E-state index contributed by atoms with van der Waals surface area (Å²) in [5.41, 5.74) is 5.37. The van der Waals surface area contributed by atoms with Crippen LogP contribution in [0.4, 0.5) is 0 Å². The van der Waals surface area contributed by atoms with Crippen LogP contribution in [-0.2, 0) is 32.7 Å². The number of carbonyl (C=O) groups excluding carboxylic acids is 2. The molecule has 0 aliphatic carbocycles. The largest absolute Gasteiger partial charge is 0.472 e. The van der Waals surface area contributed by atoms with Crippen molar-refractivity contribution in [2.24, 2.45) is 5.73 Å². The molecule has 0 bridgehead atoms. The zero-order valence-corrected chi connectivity index (χ0v) is 43.2. The predicted molar refractivity (Wildman–Crippen MR) is 284 cm³/mol. The molecule has 2 unspecified atom stereocenters. The molecule has 0 aromatic heterocycles. The molecular weight excluding hydrogens is 858 g/mol. The van der Waals surface area contributed by atoms with Crippen molar-refractivity contribution >= 4 is 19.8 Å². The van der Waals surface area contributed by atoms with Crippen molar-refractivity contribution in [3.8, 4) is 0 Å². The molecule has 3 N–H and O–H groups in total. The lowest BCUT2D eigenvalue weighted by Gasteiger charge is -2.19. The number of phosphoric ester groups is 1. The zero-order chi connectivity index (χ0) is 48.8. The summed E-state index contributed by atoms with van der Waals surface area (Å²) < 4.78 is 32.9. The number of nitrogens with two attached hydrogens (primary N) is 1. The molecule has 0 saturated carbocycles. The first-order valence-corrected chi connectivity index (χ1v) is 27.9. The van der Waals surface area contributed by atoms with Gasteiger partial charge in [0, 0.05) is 19.4 Å². The van der Waals surface area contributed by atoms with Crippen LogP contribution in [0.3, 0.4) is 0 Å². The first-order valence-electron chi connectivity index (χ1n) is 26.4. The molecule has 0 heterocycles. The lowest BCUT2D eigenvalue weighted by molar-refractivity contribution is -0.161. The lowest BCUT2D eigenvalue weighted by Crippen LogP contribution is -2.29. The monoisotopic (exact) mass is 954 g/mol. The lowest BCUT2D eigenvalue weighted by atomic mass is 10.1. The Morgan fingerprint density at radius 3 is 1.22 bits per heavy atom. The number of unbranched alkanes of at least 4 members (excludes halogenated alkanes) is 17. The Morgan fingerprint density at radius 1 is 0.463 bits per heavy atom. The van der Waals surface area contributed by atoms with Gasteiger partial charge in [0.25, 0.3) is 0 Å². The van der Waals surface area contributed by atoms with Gasteiger partial charge in [-0.15, -0.1) is 0 Å². The van der Waals surface area contributed by atoms with E-state index in [1.54, 1.807) is 0 Å². The van der Waals surface area contributed by atoms with E-state index in [2.05, 4.69) is 123 Å². The van der Waals surface area contributed by atoms with Crippen LogP contribution in [0.15, 0.2) is 109 Å². The van der Waals surface area contributed by atoms with Crippen LogP contribution >= 0.6 is 7.82 Å². The minimum Gasteiger partial charge on any atom is -0.462 e. The Hall–Kier alpha value is -3.33. The molecular formula is C57H96NO8P. The highest BCUT2D eigenvalue weighted by Crippen LogP contribution is 2.43. The SMILES string of the molecule is CC/C=C\C/C=C\C/C=C\C/C=C\C/C=C\C/C=C\CCCCCCCCCCC(=O)OC(COC(=O)CCCCCCCC/C=C\C/C=C\C/C=C\CCCCC)COP(=O)(O)OCCN. The van der Waals surface area contributed by atoms with Gasteiger partial charge in [0.1, 0.15) is 6.61 Å². The molecule has 0 radical (unpaired) electrons. The van der Waals surface area contributed by atoms with Gasteiger partial charge in [-0.1, -0.05) is 200 Å². The Balaban J connectivity index is 4.11. The number of carbonyl (C=O) groups is 2. The van der Waals surface area contributed by atoms with Gasteiger partial charge in [0.2, 0.25) is 0 Å². The maximum atomic E-state index is 12.7. The molecule has 382 valence electrons. The van der Waals surface area contributed by atoms with Gasteiger partial charge in [-0.3, -0.25) is 18.6 Å². The van der Waals surface area contributed by atoms with Gasteiger partial charge in [0.05, 0.1) is 13.2 Å². The summed E-state index contributed by atoms with van der Waals surface area (Å²) in [7, 11) is -4.40. The first-order chi connectivity index (χ1) is 32.8. The van der Waals surface area contributed by atoms with Crippen LogP contribution in [0.2, 0.25) is 0 Å². The molecule has 10 heteroatoms. The number of ether oxygens (including phenoxy) is 2. The van der Waals surface area contributed by atoms with E-state index in [4.69, 9.17) is 24.3 Å². The van der Waals surface area contributed by atoms with E-state index in [0.717, 1.165) is 116 Å². The van der Waals surface area contributed by atoms with E-state index in [9.17, 15) is 19.0 Å². The second-order valence-corrected chi connectivity index (χ2v) is 18.5. The number of phosphoric acid groups is 1. The Labute approximate surface area is 409 Å². The Morgan fingerprint density at radius 2 is 0.821 bits per heavy atom. The molecule has 0 spiro atoms. The van der Waals surface area contributed by atoms with Crippen LogP contribution in [0.1, 0.15) is 206 Å². The second-order valence-electron chi connectivity index (χ2n) is 17.0. The molecule has 0 saturated heterocycles. The van der Waals surface area contributed by atoms with Gasteiger partial charge in [-0.05, 0) is 103 Å². The summed E-state index contributed by atoms with van der Waals surface area (Å²) in [5.74, 6) is -0.859. The standard InChI is InChI=1S/C57H96NO8P/c1-3-5-7-9-11-13-15-17-19-21-23-24-25-26-27-28-29-30-32-34-36-38-40-42-44-46-48-50-57(60)66-55(54-65-67(61,62)64-52-51-58)53-63-56(59)49-47-45-43-41-39-37-35-33-31-22-20-18-16-14-12-10-8-6-4-2/h5,7,11-14,17-20,23-24,26-27,29-31,33,55H,3-4,6,8-10,15-16,21-22,25,28,32,34-54,58H2,1-2H3,(H,61,62)/b7-5-,13-11-,14-12-,19-17-,20-18-,24-23-,27-26-,30-29-,33-31-. The summed E-state index contributed by atoms with van der Waals surface area (Å²) in [6, 6.07) is 0. The van der Waals surface area contributed by atoms with Crippen molar-refractivity contribution in [2.45, 2.75) is 213 Å². The minimum atomic E-state index is -4.40. The Kier molecular flexibility index (Phi) is 49.5. The zero-order valence-electron chi connectivity index (χ0n) is 42.3. The van der Waals surface area contributed by atoms with Gasteiger partial charge < -0.3 is 20.1 Å². The van der Waals surface area contributed by atoms with E-state index < -0.39 is 32.5 Å². The minimum absolute atomic E-state index is 0.0439. The smallest absolute Gasteiger partial charge is 0.462 e. The van der Waals surface area contributed by atoms with Crippen LogP contribution in [0.25, 0.3) is 0 Å². The Bertz CT molecular complexity index is 1460. The molecule has 0 aliphatic heterocycles. The molecule has 67 heavy (non-hydrogen) atoms. The maximum Gasteiger partial charge on any atom is 0.472 e. The summed E-state index contributed by atoms with van der Waals surface area (Å²) in [6.45, 7) is 3.56. The number of hydrogen-bond donors (Lipinski definition) is 2. The average molecular weight is 954 g/mol. The topological polar surface area (TPSA) is 134 Å². The fourth-order valence-corrected chi connectivity index (χ4v) is 7.53. The van der Waals surface area contributed by atoms with Crippen molar-refractivity contribution < 1.29 is 37.6 Å². The maximum absolute atomic E-state index is 12.7. The van der Waals surface area contributed by atoms with Crippen LogP contribution in [0, 0.1) is 0 Å². The van der Waals surface area contributed by atoms with E-state index in [1.165, 1.54) is 51.4 Å². The molecule has 9 nitrogen and oxygen atoms in total. The molecule has 0 rings (SSSR count). The third-order valence-corrected chi connectivity index (χ3v) is 11.6. The molecule has 2 atom stereocenters. The van der Waals surface area contributed by atoms with E-state index in [1.807, 2.05) is 0 Å². The third kappa shape index (κ3) is 51.9. The molecule has 0 aliphatic rings. The molecule has 0 fully saturated rings. The number of rotatable bonds is 48. The van der Waals surface area contributed by atoms with Crippen molar-refractivity contribution in [3.05, 3.63) is 109 Å². The fraction of sp³-hybridized carbons (Fsp3) is 0.649. The summed E-state index contributed by atoms with van der Waals surface area (Å²) in [4.78, 5) is 35.1. The van der Waals surface area contributed by atoms with E-state index in [-0.39, 0.29) is 32.6 Å². The average Bonchev–Trinajstić information content (AvgIpc) is 3.32. The van der Waals surface area contributed by atoms with Gasteiger partial charge in [0.15, 0.2) is 6.10 Å². The molecule has 0 amide bonds. The van der Waals surface area contributed by atoms with Gasteiger partial charge in [-0.25, -0.2) is 4.57 Å². The van der Waals surface area contributed by atoms with Crippen LogP contribution < -0.4 is 5.73 Å². The van der Waals surface area contributed by atoms with Crippen molar-refractivity contribution in [2.75, 3.05) is 26.4 Å². The van der Waals surface area contributed by atoms with E-state index >= 15 is 0 Å². The highest BCUT2D eigenvalue weighted by Gasteiger charge is 2.26. The first kappa shape index (κ1) is 63.7. The number of hydrogen-bond acceptors (Lipinski definition) is 8. The fourth-order valence-electron chi connectivity index (χ4n) is 6.76. The number of allylic oxidation sites excluding steroid dienone is 18. The third-order valence-electron chi connectivity index (χ3n) is 10.6. The molecule has 0 aromatic rings. The van der Waals surface area contributed by atoms with Gasteiger partial charge >= 0.3 is 19.8 Å². The highest BCUT2D eigenvalue weighted by atomic mass is 31.2. The highest BCUT2D eigenvalue weighted by molar-refractivity contribution is 7.47. The van der Waals surface area contributed by atoms with Crippen molar-refractivity contribution in [1.82, 2.24) is 0 Å². The summed E-state index contributed by atoms with van der Waals surface area (Å²) in [6.07, 6.45) is 69.8. The molecule has 0 aromatic carbocycles. The van der Waals surface area contributed by atoms with Crippen molar-refractivity contribution in [3.63, 3.8) is 0 Å². The predicted octanol–water partition coefficient (Wildman–Crippen LogP) is 16.3.